The first-order chi connectivity index (χ1) is 15.8. The zero-order valence-corrected chi connectivity index (χ0v) is 21.4. The number of carbonyl (C=O) groups is 1. The topological polar surface area (TPSA) is 73.5 Å². The quantitative estimate of drug-likeness (QED) is 0.526. The Morgan fingerprint density at radius 3 is 2.59 bits per heavy atom. The van der Waals surface area contributed by atoms with Crippen molar-refractivity contribution in [3.05, 3.63) is 91.2 Å². The molecule has 8 bridgehead atoms. The summed E-state index contributed by atoms with van der Waals surface area (Å²) in [5, 5.41) is 6.70. The van der Waals surface area contributed by atoms with Crippen LogP contribution in [0.2, 0.25) is 0 Å². The molecule has 0 radical (unpaired) electrons. The summed E-state index contributed by atoms with van der Waals surface area (Å²) in [6, 6.07) is 4.09. The Labute approximate surface area is 215 Å². The number of rotatable bonds is 1. The number of ketones is 1. The van der Waals surface area contributed by atoms with E-state index in [4.69, 9.17) is 20.3 Å². The van der Waals surface area contributed by atoms with E-state index in [1.165, 1.54) is 0 Å². The van der Waals surface area contributed by atoms with Gasteiger partial charge in [-0.1, -0.05) is 73.6 Å². The zero-order valence-electron chi connectivity index (χ0n) is 19.9. The molecule has 166 valence electrons. The Kier molecular flexibility index (Phi) is 5.41. The van der Waals surface area contributed by atoms with Gasteiger partial charge in [0, 0.05) is 11.5 Å². The summed E-state index contributed by atoms with van der Waals surface area (Å²) in [7, 11) is 0. The van der Waals surface area contributed by atoms with Crippen LogP contribution >= 0.6 is 0 Å². The molecular formula is C28H24MgN4O-2. The number of aromatic nitrogens is 3. The molecule has 6 heteroatoms. The van der Waals surface area contributed by atoms with Crippen molar-refractivity contribution in [2.24, 2.45) is 11.8 Å². The summed E-state index contributed by atoms with van der Waals surface area (Å²) in [5.74, 6) is 0.155. The van der Waals surface area contributed by atoms with Crippen LogP contribution in [0.5, 0.6) is 0 Å². The van der Waals surface area contributed by atoms with Crippen molar-refractivity contribution >= 4 is 58.7 Å². The molecule has 0 N–H and O–H groups in total. The maximum Gasteiger partial charge on any atom is 2.00 e. The summed E-state index contributed by atoms with van der Waals surface area (Å²) < 4.78 is 0. The molecule has 5 nitrogen and oxygen atoms in total. The summed E-state index contributed by atoms with van der Waals surface area (Å²) in [6.45, 7) is 12.1. The van der Waals surface area contributed by atoms with Crippen LogP contribution in [-0.4, -0.2) is 28.8 Å². The van der Waals surface area contributed by atoms with Crippen LogP contribution in [0.4, 0.5) is 0 Å². The van der Waals surface area contributed by atoms with Gasteiger partial charge >= 0.3 is 23.1 Å². The number of aryl methyl sites for hydroxylation is 1. The van der Waals surface area contributed by atoms with E-state index in [-0.39, 0.29) is 40.7 Å². The number of fused-ring (bicyclic) bond motifs is 7. The van der Waals surface area contributed by atoms with E-state index >= 15 is 0 Å². The van der Waals surface area contributed by atoms with Gasteiger partial charge in [0.25, 0.3) is 0 Å². The Morgan fingerprint density at radius 1 is 1.03 bits per heavy atom. The maximum atomic E-state index is 13.2. The molecule has 0 spiro atoms. The first-order valence-corrected chi connectivity index (χ1v) is 11.4. The second kappa shape index (κ2) is 8.06. The van der Waals surface area contributed by atoms with Crippen molar-refractivity contribution in [3.63, 3.8) is 0 Å². The average molecular weight is 457 g/mol. The molecule has 2 atom stereocenters. The van der Waals surface area contributed by atoms with Crippen LogP contribution in [0.25, 0.3) is 35.2 Å². The Morgan fingerprint density at radius 2 is 1.82 bits per heavy atom. The van der Waals surface area contributed by atoms with Gasteiger partial charge in [0.05, 0.1) is 0 Å². The predicted molar refractivity (Wildman–Crippen MR) is 137 cm³/mol. The number of allylic oxidation sites excluding steroid dienone is 3. The first kappa shape index (κ1) is 22.8. The van der Waals surface area contributed by atoms with Gasteiger partial charge in [-0.05, 0) is 31.7 Å². The van der Waals surface area contributed by atoms with E-state index in [1.54, 1.807) is 0 Å². The van der Waals surface area contributed by atoms with Gasteiger partial charge < -0.3 is 20.3 Å². The molecule has 0 unspecified atom stereocenters. The molecule has 1 aliphatic carbocycles. The third-order valence-electron chi connectivity index (χ3n) is 7.08. The minimum absolute atomic E-state index is 0. The molecular weight excluding hydrogens is 433 g/mol. The largest absolute Gasteiger partial charge is 2.00 e. The van der Waals surface area contributed by atoms with Crippen molar-refractivity contribution in [1.82, 2.24) is 15.0 Å². The van der Waals surface area contributed by atoms with Crippen LogP contribution in [0.15, 0.2) is 30.1 Å². The van der Waals surface area contributed by atoms with E-state index in [2.05, 4.69) is 19.6 Å². The third kappa shape index (κ3) is 3.31. The molecule has 0 amide bonds. The van der Waals surface area contributed by atoms with Gasteiger partial charge in [-0.3, -0.25) is 4.79 Å². The summed E-state index contributed by atoms with van der Waals surface area (Å²) in [5.41, 5.74) is 9.95. The zero-order chi connectivity index (χ0) is 23.0. The molecule has 0 saturated carbocycles. The number of hydrogen-bond acceptors (Lipinski definition) is 1. The van der Waals surface area contributed by atoms with Gasteiger partial charge in [0.1, 0.15) is 0 Å². The number of hydrogen-bond donors (Lipinski definition) is 0. The molecule has 6 rings (SSSR count). The van der Waals surface area contributed by atoms with Gasteiger partial charge in [-0.2, -0.15) is 11.4 Å². The Bertz CT molecular complexity index is 1560. The number of Topliss-reactive ketones (excluding diaryl/α,β-unsaturated/α-hetero) is 1. The van der Waals surface area contributed by atoms with E-state index in [1.807, 2.05) is 51.1 Å². The van der Waals surface area contributed by atoms with Crippen LogP contribution in [-0.2, 0) is 0 Å². The molecule has 34 heavy (non-hydrogen) atoms. The molecule has 0 aromatic carbocycles. The summed E-state index contributed by atoms with van der Waals surface area (Å²) in [4.78, 5) is 27.8. The van der Waals surface area contributed by atoms with E-state index in [9.17, 15) is 4.79 Å². The fourth-order valence-electron chi connectivity index (χ4n) is 5.21. The van der Waals surface area contributed by atoms with Crippen molar-refractivity contribution in [2.75, 3.05) is 0 Å². The van der Waals surface area contributed by atoms with Crippen LogP contribution in [0, 0.1) is 25.7 Å². The van der Waals surface area contributed by atoms with Crippen molar-refractivity contribution < 1.29 is 4.79 Å². The molecule has 5 heterocycles. The summed E-state index contributed by atoms with van der Waals surface area (Å²) in [6.07, 6.45) is 8.66. The van der Waals surface area contributed by atoms with Crippen molar-refractivity contribution in [1.29, 1.82) is 0 Å². The number of nitrogens with zero attached hydrogens (tertiary/aromatic N) is 4. The normalized spacial score (nSPS) is 26.0. The maximum absolute atomic E-state index is 13.2. The fourth-order valence-corrected chi connectivity index (χ4v) is 5.21. The van der Waals surface area contributed by atoms with Crippen molar-refractivity contribution in [2.45, 2.75) is 34.1 Å². The standard InChI is InChI=1S/C28H25N4O.Mg/c1-6-17-9-19-10-20-14(3)8-24(31-20)25-16(5)28(33)26-15(4)22(32-27(25)26)11-18-7-13(2)21(29-18)12-23(17)30-19;/h6-7,9-12,14,16H,1,8H2,2-5H3,(H-,31,32,33);/q-3;+2/p-1/b18-11-,20-10-,21-12-;/t14-,16+;/m0./s1. The van der Waals surface area contributed by atoms with Gasteiger partial charge in [0.2, 0.25) is 0 Å². The van der Waals surface area contributed by atoms with Crippen LogP contribution in [0.1, 0.15) is 70.1 Å². The molecule has 1 fully saturated rings. The average Bonchev–Trinajstić information content (AvgIpc) is 3.54. The van der Waals surface area contributed by atoms with Crippen LogP contribution < -0.4 is 25.7 Å². The van der Waals surface area contributed by atoms with Gasteiger partial charge in [-0.15, -0.1) is 33.5 Å². The second-order valence-corrected chi connectivity index (χ2v) is 9.34. The van der Waals surface area contributed by atoms with E-state index in [0.717, 1.165) is 79.1 Å². The van der Waals surface area contributed by atoms with Gasteiger partial charge in [0.15, 0.2) is 5.78 Å². The molecule has 2 aliphatic heterocycles. The molecule has 1 saturated heterocycles. The predicted octanol–water partition coefficient (Wildman–Crippen LogP) is 3.41. The number of carbonyl (C=O) groups excluding carboxylic acids is 1. The molecule has 3 aliphatic rings. The first-order valence-electron chi connectivity index (χ1n) is 11.4. The van der Waals surface area contributed by atoms with E-state index < -0.39 is 0 Å². The molecule has 3 aromatic heterocycles. The Hall–Kier alpha value is -2.96. The molecule has 3 aromatic rings. The minimum atomic E-state index is -0.226. The van der Waals surface area contributed by atoms with Crippen LogP contribution in [0.3, 0.4) is 0 Å². The van der Waals surface area contributed by atoms with Gasteiger partial charge in [-0.25, -0.2) is 0 Å². The fraction of sp³-hybridized carbons (Fsp3) is 0.250. The second-order valence-electron chi connectivity index (χ2n) is 9.34. The SMILES string of the molecule is C=Cc1cc2[n-]c1/C=c1\[n-]/c(cc1C)=C\c1[n-]c3c(c1C)C(=O)[C@H](C)/C3=C1\C[C@H](C)/C(=C/2)[N-]1.[Mg+2]. The monoisotopic (exact) mass is 456 g/mol. The smallest absolute Gasteiger partial charge is 0.664 e. The third-order valence-corrected chi connectivity index (χ3v) is 7.08. The minimum Gasteiger partial charge on any atom is -0.664 e. The van der Waals surface area contributed by atoms with Crippen molar-refractivity contribution in [3.8, 4) is 0 Å². The summed E-state index contributed by atoms with van der Waals surface area (Å²) >= 11 is 0. The Balaban J connectivity index is 0.00000241. The van der Waals surface area contributed by atoms with E-state index in [0.29, 0.717) is 0 Å².